The summed E-state index contributed by atoms with van der Waals surface area (Å²) in [6.07, 6.45) is 1.91. The maximum atomic E-state index is 11.7. The minimum atomic E-state index is -0.271. The largest absolute Gasteiger partial charge is 0.497 e. The molecule has 1 heterocycles. The van der Waals surface area contributed by atoms with E-state index in [1.165, 1.54) is 7.11 Å². The minimum Gasteiger partial charge on any atom is -0.497 e. The number of hydrogen-bond acceptors (Lipinski definition) is 4. The van der Waals surface area contributed by atoms with Crippen LogP contribution in [0.3, 0.4) is 0 Å². The maximum Gasteiger partial charge on any atom is 0.335 e. The first-order chi connectivity index (χ1) is 8.67. The minimum absolute atomic E-state index is 0.0625. The summed E-state index contributed by atoms with van der Waals surface area (Å²) in [6, 6.07) is 7.69. The molecular formula is C14H17NO3. The zero-order valence-corrected chi connectivity index (χ0v) is 10.8. The Balaban J connectivity index is 2.34. The predicted octanol–water partition coefficient (Wildman–Crippen LogP) is 1.78. The number of carbonyl (C=O) groups is 1. The SMILES string of the molecule is COC(=O)C1=CCN(C)C1c1cccc(OC)c1. The molecule has 0 saturated heterocycles. The van der Waals surface area contributed by atoms with Crippen molar-refractivity contribution in [2.75, 3.05) is 27.8 Å². The highest BCUT2D eigenvalue weighted by Crippen LogP contribution is 2.34. The molecule has 0 spiro atoms. The summed E-state index contributed by atoms with van der Waals surface area (Å²) in [5.41, 5.74) is 1.72. The lowest BCUT2D eigenvalue weighted by atomic mass is 10.00. The van der Waals surface area contributed by atoms with Gasteiger partial charge in [-0.15, -0.1) is 0 Å². The van der Waals surface area contributed by atoms with E-state index < -0.39 is 0 Å². The summed E-state index contributed by atoms with van der Waals surface area (Å²) in [5, 5.41) is 0. The van der Waals surface area contributed by atoms with Gasteiger partial charge in [0.15, 0.2) is 0 Å². The number of ether oxygens (including phenoxy) is 2. The molecule has 0 amide bonds. The van der Waals surface area contributed by atoms with Crippen molar-refractivity contribution in [2.45, 2.75) is 6.04 Å². The van der Waals surface area contributed by atoms with E-state index in [0.717, 1.165) is 17.9 Å². The van der Waals surface area contributed by atoms with Crippen LogP contribution in [0, 0.1) is 0 Å². The van der Waals surface area contributed by atoms with Gasteiger partial charge in [0.1, 0.15) is 5.75 Å². The van der Waals surface area contributed by atoms with E-state index in [4.69, 9.17) is 9.47 Å². The second kappa shape index (κ2) is 5.23. The van der Waals surface area contributed by atoms with Crippen LogP contribution in [0.15, 0.2) is 35.9 Å². The average molecular weight is 247 g/mol. The van der Waals surface area contributed by atoms with Gasteiger partial charge in [-0.2, -0.15) is 0 Å². The number of likely N-dealkylation sites (N-methyl/N-ethyl adjacent to an activating group) is 1. The van der Waals surface area contributed by atoms with Gasteiger partial charge in [-0.25, -0.2) is 4.79 Å². The van der Waals surface area contributed by atoms with Gasteiger partial charge in [0.2, 0.25) is 0 Å². The van der Waals surface area contributed by atoms with Crippen molar-refractivity contribution in [3.8, 4) is 5.75 Å². The lowest BCUT2D eigenvalue weighted by Gasteiger charge is -2.22. The Morgan fingerprint density at radius 1 is 1.39 bits per heavy atom. The normalized spacial score (nSPS) is 19.5. The molecule has 0 fully saturated rings. The molecule has 0 aliphatic carbocycles. The molecular weight excluding hydrogens is 230 g/mol. The Bertz CT molecular complexity index is 482. The molecule has 2 rings (SSSR count). The Hall–Kier alpha value is -1.81. The molecule has 1 aliphatic heterocycles. The van der Waals surface area contributed by atoms with Crippen molar-refractivity contribution in [1.29, 1.82) is 0 Å². The quantitative estimate of drug-likeness (QED) is 0.763. The summed E-state index contributed by atoms with van der Waals surface area (Å²) in [4.78, 5) is 13.8. The number of rotatable bonds is 3. The lowest BCUT2D eigenvalue weighted by Crippen LogP contribution is -2.23. The Morgan fingerprint density at radius 2 is 2.17 bits per heavy atom. The van der Waals surface area contributed by atoms with Gasteiger partial charge in [0.25, 0.3) is 0 Å². The fourth-order valence-corrected chi connectivity index (χ4v) is 2.26. The van der Waals surface area contributed by atoms with Crippen molar-refractivity contribution in [2.24, 2.45) is 0 Å². The summed E-state index contributed by atoms with van der Waals surface area (Å²) in [7, 11) is 5.02. The fourth-order valence-electron chi connectivity index (χ4n) is 2.26. The molecule has 1 atom stereocenters. The highest BCUT2D eigenvalue weighted by molar-refractivity contribution is 5.90. The van der Waals surface area contributed by atoms with Crippen molar-refractivity contribution >= 4 is 5.97 Å². The molecule has 0 aromatic heterocycles. The highest BCUT2D eigenvalue weighted by atomic mass is 16.5. The average Bonchev–Trinajstić information content (AvgIpc) is 2.79. The van der Waals surface area contributed by atoms with Crippen LogP contribution in [0.25, 0.3) is 0 Å². The second-order valence-electron chi connectivity index (χ2n) is 4.27. The van der Waals surface area contributed by atoms with E-state index in [1.807, 2.05) is 37.4 Å². The molecule has 4 nitrogen and oxygen atoms in total. The van der Waals surface area contributed by atoms with Crippen molar-refractivity contribution in [3.63, 3.8) is 0 Å². The van der Waals surface area contributed by atoms with Gasteiger partial charge in [-0.05, 0) is 24.7 Å². The first-order valence-electron chi connectivity index (χ1n) is 5.80. The Morgan fingerprint density at radius 3 is 2.83 bits per heavy atom. The number of esters is 1. The highest BCUT2D eigenvalue weighted by Gasteiger charge is 2.31. The van der Waals surface area contributed by atoms with Crippen LogP contribution in [-0.2, 0) is 9.53 Å². The molecule has 0 N–H and O–H groups in total. The van der Waals surface area contributed by atoms with Gasteiger partial charge in [-0.1, -0.05) is 18.2 Å². The molecule has 1 unspecified atom stereocenters. The summed E-state index contributed by atoms with van der Waals surface area (Å²) in [5.74, 6) is 0.518. The topological polar surface area (TPSA) is 38.8 Å². The standard InChI is InChI=1S/C14H17NO3/c1-15-8-7-12(14(16)18-3)13(15)10-5-4-6-11(9-10)17-2/h4-7,9,13H,8H2,1-3H3. The van der Waals surface area contributed by atoms with E-state index >= 15 is 0 Å². The first kappa shape index (κ1) is 12.6. The van der Waals surface area contributed by atoms with Crippen LogP contribution in [-0.4, -0.2) is 38.7 Å². The number of nitrogens with zero attached hydrogens (tertiary/aromatic N) is 1. The van der Waals surface area contributed by atoms with Gasteiger partial charge in [-0.3, -0.25) is 4.90 Å². The molecule has 0 saturated carbocycles. The number of hydrogen-bond donors (Lipinski definition) is 0. The van der Waals surface area contributed by atoms with Gasteiger partial charge in [0.05, 0.1) is 25.8 Å². The number of benzene rings is 1. The van der Waals surface area contributed by atoms with Crippen LogP contribution in [0.1, 0.15) is 11.6 Å². The molecule has 0 radical (unpaired) electrons. The third-order valence-corrected chi connectivity index (χ3v) is 3.17. The van der Waals surface area contributed by atoms with E-state index in [-0.39, 0.29) is 12.0 Å². The zero-order valence-electron chi connectivity index (χ0n) is 10.8. The number of carbonyl (C=O) groups excluding carboxylic acids is 1. The Kier molecular flexibility index (Phi) is 3.67. The van der Waals surface area contributed by atoms with E-state index in [0.29, 0.717) is 5.57 Å². The summed E-state index contributed by atoms with van der Waals surface area (Å²) in [6.45, 7) is 0.742. The van der Waals surface area contributed by atoms with E-state index in [2.05, 4.69) is 4.90 Å². The van der Waals surface area contributed by atoms with Crippen LogP contribution in [0.4, 0.5) is 0 Å². The summed E-state index contributed by atoms with van der Waals surface area (Å²) < 4.78 is 10.0. The van der Waals surface area contributed by atoms with Crippen LogP contribution < -0.4 is 4.74 Å². The maximum absolute atomic E-state index is 11.7. The van der Waals surface area contributed by atoms with Gasteiger partial charge >= 0.3 is 5.97 Å². The van der Waals surface area contributed by atoms with E-state index in [9.17, 15) is 4.79 Å². The van der Waals surface area contributed by atoms with Crippen molar-refractivity contribution < 1.29 is 14.3 Å². The predicted molar refractivity (Wildman–Crippen MR) is 68.5 cm³/mol. The summed E-state index contributed by atoms with van der Waals surface area (Å²) >= 11 is 0. The smallest absolute Gasteiger partial charge is 0.335 e. The molecule has 18 heavy (non-hydrogen) atoms. The lowest BCUT2D eigenvalue weighted by molar-refractivity contribution is -0.136. The van der Waals surface area contributed by atoms with Crippen molar-refractivity contribution in [1.82, 2.24) is 4.90 Å². The molecule has 4 heteroatoms. The third kappa shape index (κ3) is 2.24. The number of methoxy groups -OCH3 is 2. The first-order valence-corrected chi connectivity index (χ1v) is 5.80. The monoisotopic (exact) mass is 247 g/mol. The Labute approximate surface area is 107 Å². The second-order valence-corrected chi connectivity index (χ2v) is 4.27. The third-order valence-electron chi connectivity index (χ3n) is 3.17. The molecule has 1 aromatic rings. The van der Waals surface area contributed by atoms with Gasteiger partial charge < -0.3 is 9.47 Å². The molecule has 1 aliphatic rings. The van der Waals surface area contributed by atoms with Crippen LogP contribution in [0.2, 0.25) is 0 Å². The zero-order chi connectivity index (χ0) is 13.1. The fraction of sp³-hybridized carbons (Fsp3) is 0.357. The van der Waals surface area contributed by atoms with Crippen molar-refractivity contribution in [3.05, 3.63) is 41.5 Å². The molecule has 1 aromatic carbocycles. The van der Waals surface area contributed by atoms with E-state index in [1.54, 1.807) is 7.11 Å². The van der Waals surface area contributed by atoms with Crippen LogP contribution >= 0.6 is 0 Å². The molecule has 96 valence electrons. The van der Waals surface area contributed by atoms with Crippen LogP contribution in [0.5, 0.6) is 5.75 Å². The van der Waals surface area contributed by atoms with Gasteiger partial charge in [0, 0.05) is 6.54 Å². The molecule has 0 bridgehead atoms.